The number of pyridine rings is 1. The molecule has 8 nitrogen and oxygen atoms in total. The van der Waals surface area contributed by atoms with Gasteiger partial charge in [0, 0.05) is 24.4 Å². The number of nitrogens with two attached hydrogens (primary N) is 1. The van der Waals surface area contributed by atoms with E-state index in [9.17, 15) is 8.42 Å². The molecule has 174 valence electrons. The fourth-order valence-corrected chi connectivity index (χ4v) is 3.53. The van der Waals surface area contributed by atoms with Gasteiger partial charge in [-0.1, -0.05) is 31.2 Å². The first-order valence-electron chi connectivity index (χ1n) is 10.4. The standard InChI is InChI=1S/C19H24N4O4S.C4H8/c1-5-16-22-17-18(23(16)8-9-26-11-12(2)3)14-7-6-13(27-28(4,24)25)10-15(14)21-19(17)20;1-3-4-2/h6-7,10H,2,5,8-9,11H2,1,3-4H3,(H2,20,21);3-4H,1-2H3/b;4-3-. The molecule has 0 radical (unpaired) electrons. The van der Waals surface area contributed by atoms with Crippen LogP contribution in [-0.4, -0.2) is 42.4 Å². The van der Waals surface area contributed by atoms with Crippen LogP contribution >= 0.6 is 0 Å². The largest absolute Gasteiger partial charge is 0.383 e. The van der Waals surface area contributed by atoms with Gasteiger partial charge >= 0.3 is 10.1 Å². The van der Waals surface area contributed by atoms with Crippen molar-refractivity contribution in [2.75, 3.05) is 25.2 Å². The Morgan fingerprint density at radius 2 is 1.94 bits per heavy atom. The number of nitrogens with zero attached hydrogens (tertiary/aromatic N) is 3. The Bertz CT molecular complexity index is 1230. The van der Waals surface area contributed by atoms with Crippen LogP contribution in [0.25, 0.3) is 21.9 Å². The third-order valence-electron chi connectivity index (χ3n) is 4.46. The van der Waals surface area contributed by atoms with Crippen LogP contribution in [-0.2, 0) is 27.8 Å². The van der Waals surface area contributed by atoms with E-state index in [0.29, 0.717) is 30.8 Å². The van der Waals surface area contributed by atoms with Crippen molar-refractivity contribution in [3.8, 4) is 5.75 Å². The molecular formula is C23H32N4O4S. The van der Waals surface area contributed by atoms with E-state index in [1.54, 1.807) is 18.2 Å². The molecule has 32 heavy (non-hydrogen) atoms. The molecule has 0 spiro atoms. The van der Waals surface area contributed by atoms with Crippen molar-refractivity contribution >= 4 is 37.9 Å². The van der Waals surface area contributed by atoms with Gasteiger partial charge < -0.3 is 19.2 Å². The Balaban J connectivity index is 0.000000837. The summed E-state index contributed by atoms with van der Waals surface area (Å²) < 4.78 is 35.5. The van der Waals surface area contributed by atoms with E-state index >= 15 is 0 Å². The minimum atomic E-state index is -3.63. The number of aromatic nitrogens is 3. The van der Waals surface area contributed by atoms with Crippen LogP contribution in [0, 0.1) is 0 Å². The number of hydrogen-bond acceptors (Lipinski definition) is 7. The molecule has 2 aromatic heterocycles. The van der Waals surface area contributed by atoms with E-state index in [2.05, 4.69) is 21.1 Å². The van der Waals surface area contributed by atoms with Gasteiger partial charge in [-0.3, -0.25) is 0 Å². The minimum Gasteiger partial charge on any atom is -0.383 e. The SMILES string of the molecule is C/C=C\C.C=C(C)COCCn1c(CC)nc2c(N)nc3cc(OS(C)(=O)=O)ccc3c21. The first-order valence-corrected chi connectivity index (χ1v) is 12.2. The molecule has 0 atom stereocenters. The van der Waals surface area contributed by atoms with Gasteiger partial charge in [0.05, 0.1) is 30.5 Å². The Morgan fingerprint density at radius 1 is 1.25 bits per heavy atom. The number of hydrogen-bond donors (Lipinski definition) is 1. The smallest absolute Gasteiger partial charge is 0.306 e. The summed E-state index contributed by atoms with van der Waals surface area (Å²) in [4.78, 5) is 9.04. The lowest BCUT2D eigenvalue weighted by Crippen LogP contribution is -2.10. The summed E-state index contributed by atoms with van der Waals surface area (Å²) in [6, 6.07) is 4.94. The van der Waals surface area contributed by atoms with Gasteiger partial charge in [-0.05, 0) is 32.9 Å². The van der Waals surface area contributed by atoms with Gasteiger partial charge in [0.2, 0.25) is 0 Å². The lowest BCUT2D eigenvalue weighted by atomic mass is 10.1. The molecule has 0 amide bonds. The highest BCUT2D eigenvalue weighted by atomic mass is 32.2. The zero-order valence-electron chi connectivity index (χ0n) is 19.4. The molecule has 2 N–H and O–H groups in total. The highest BCUT2D eigenvalue weighted by Gasteiger charge is 2.17. The number of nitrogen functional groups attached to an aromatic ring is 1. The van der Waals surface area contributed by atoms with Crippen molar-refractivity contribution in [1.29, 1.82) is 0 Å². The maximum Gasteiger partial charge on any atom is 0.306 e. The molecule has 0 aliphatic rings. The van der Waals surface area contributed by atoms with Gasteiger partial charge in [-0.15, -0.1) is 0 Å². The number of imidazole rings is 1. The Kier molecular flexibility index (Phi) is 8.80. The van der Waals surface area contributed by atoms with Crippen molar-refractivity contribution in [3.05, 3.63) is 48.3 Å². The zero-order valence-corrected chi connectivity index (χ0v) is 20.2. The molecule has 3 aromatic rings. The lowest BCUT2D eigenvalue weighted by molar-refractivity contribution is 0.147. The number of allylic oxidation sites excluding steroid dienone is 2. The molecule has 9 heteroatoms. The van der Waals surface area contributed by atoms with E-state index in [4.69, 9.17) is 14.7 Å². The quantitative estimate of drug-likeness (QED) is 0.304. The van der Waals surface area contributed by atoms with Gasteiger partial charge in [0.15, 0.2) is 5.82 Å². The Labute approximate surface area is 189 Å². The summed E-state index contributed by atoms with van der Waals surface area (Å²) in [5.41, 5.74) is 9.12. The van der Waals surface area contributed by atoms with Gasteiger partial charge in [-0.25, -0.2) is 9.97 Å². The number of aryl methyl sites for hydroxylation is 1. The minimum absolute atomic E-state index is 0.188. The highest BCUT2D eigenvalue weighted by Crippen LogP contribution is 2.31. The summed E-state index contributed by atoms with van der Waals surface area (Å²) in [6.45, 7) is 13.4. The van der Waals surface area contributed by atoms with Crippen LogP contribution in [0.3, 0.4) is 0 Å². The molecule has 3 rings (SSSR count). The monoisotopic (exact) mass is 460 g/mol. The van der Waals surface area contributed by atoms with Crippen LogP contribution in [0.5, 0.6) is 5.75 Å². The molecule has 0 saturated carbocycles. The van der Waals surface area contributed by atoms with Crippen LogP contribution < -0.4 is 9.92 Å². The third kappa shape index (κ3) is 6.54. The number of benzene rings is 1. The van der Waals surface area contributed by atoms with E-state index in [-0.39, 0.29) is 11.6 Å². The summed E-state index contributed by atoms with van der Waals surface area (Å²) >= 11 is 0. The summed E-state index contributed by atoms with van der Waals surface area (Å²) in [5.74, 6) is 1.36. The average Bonchev–Trinajstić information content (AvgIpc) is 3.09. The third-order valence-corrected chi connectivity index (χ3v) is 4.95. The first kappa shape index (κ1) is 25.4. The first-order chi connectivity index (χ1) is 15.1. The normalized spacial score (nSPS) is 11.7. The molecule has 0 fully saturated rings. The van der Waals surface area contributed by atoms with Crippen molar-refractivity contribution in [1.82, 2.24) is 14.5 Å². The molecule has 0 saturated heterocycles. The van der Waals surface area contributed by atoms with E-state index in [1.165, 1.54) is 0 Å². The summed E-state index contributed by atoms with van der Waals surface area (Å²) in [5, 5.41) is 0.817. The maximum absolute atomic E-state index is 11.4. The van der Waals surface area contributed by atoms with E-state index in [0.717, 1.165) is 35.0 Å². The Morgan fingerprint density at radius 3 is 2.50 bits per heavy atom. The summed E-state index contributed by atoms with van der Waals surface area (Å²) in [7, 11) is -3.63. The van der Waals surface area contributed by atoms with Crippen molar-refractivity contribution in [2.24, 2.45) is 0 Å². The van der Waals surface area contributed by atoms with Crippen LogP contribution in [0.1, 0.15) is 33.5 Å². The lowest BCUT2D eigenvalue weighted by Gasteiger charge is -2.11. The van der Waals surface area contributed by atoms with Gasteiger partial charge in [-0.2, -0.15) is 8.42 Å². The van der Waals surface area contributed by atoms with E-state index in [1.807, 2.05) is 39.8 Å². The van der Waals surface area contributed by atoms with Crippen molar-refractivity contribution in [3.63, 3.8) is 0 Å². The number of anilines is 1. The molecule has 0 unspecified atom stereocenters. The van der Waals surface area contributed by atoms with Crippen LogP contribution in [0.4, 0.5) is 5.82 Å². The predicted octanol–water partition coefficient (Wildman–Crippen LogP) is 4.24. The number of fused-ring (bicyclic) bond motifs is 3. The second kappa shape index (κ2) is 11.1. The second-order valence-electron chi connectivity index (χ2n) is 7.37. The molecule has 0 bridgehead atoms. The second-order valence-corrected chi connectivity index (χ2v) is 8.95. The molecule has 2 heterocycles. The molecule has 0 aliphatic heterocycles. The maximum atomic E-state index is 11.4. The van der Waals surface area contributed by atoms with Crippen molar-refractivity contribution < 1.29 is 17.3 Å². The van der Waals surface area contributed by atoms with Gasteiger partial charge in [0.25, 0.3) is 0 Å². The topological polar surface area (TPSA) is 109 Å². The highest BCUT2D eigenvalue weighted by molar-refractivity contribution is 7.86. The zero-order chi connectivity index (χ0) is 23.9. The fourth-order valence-electron chi connectivity index (χ4n) is 3.08. The van der Waals surface area contributed by atoms with Gasteiger partial charge in [0.1, 0.15) is 17.1 Å². The number of rotatable bonds is 8. The fraction of sp³-hybridized carbons (Fsp3) is 0.391. The van der Waals surface area contributed by atoms with Crippen LogP contribution in [0.2, 0.25) is 0 Å². The molecule has 0 aliphatic carbocycles. The van der Waals surface area contributed by atoms with Crippen LogP contribution in [0.15, 0.2) is 42.5 Å². The van der Waals surface area contributed by atoms with Crippen molar-refractivity contribution in [2.45, 2.75) is 40.7 Å². The van der Waals surface area contributed by atoms with E-state index < -0.39 is 10.1 Å². The predicted molar refractivity (Wildman–Crippen MR) is 130 cm³/mol. The Hall–Kier alpha value is -2.91. The number of ether oxygens (including phenoxy) is 1. The summed E-state index contributed by atoms with van der Waals surface area (Å²) in [6.07, 6.45) is 5.72. The average molecular weight is 461 g/mol. The molecule has 1 aromatic carbocycles. The molecular weight excluding hydrogens is 428 g/mol.